The Bertz CT molecular complexity index is 2340. The molecule has 0 aromatic heterocycles. The van der Waals surface area contributed by atoms with Gasteiger partial charge in [-0.1, -0.05) is 34.6 Å². The molecule has 18 nitrogen and oxygen atoms in total. The Balaban J connectivity index is 2.05. The monoisotopic (exact) mass is 989 g/mol. The number of fused-ring (bicyclic) bond motifs is 6. The number of rotatable bonds is 18. The van der Waals surface area contributed by atoms with E-state index >= 15 is 0 Å². The lowest BCUT2D eigenvalue weighted by atomic mass is 9.60. The Labute approximate surface area is 411 Å². The van der Waals surface area contributed by atoms with E-state index in [0.717, 1.165) is 0 Å². The second kappa shape index (κ2) is 21.4. The molecule has 1 N–H and O–H groups in total. The summed E-state index contributed by atoms with van der Waals surface area (Å²) in [5, 5.41) is 3.73. The Morgan fingerprint density at radius 1 is 0.629 bits per heavy atom. The lowest BCUT2D eigenvalue weighted by molar-refractivity contribution is -0.147. The summed E-state index contributed by atoms with van der Waals surface area (Å²) in [4.78, 5) is 111. The Morgan fingerprint density at radius 2 is 1.11 bits per heavy atom. The number of hydrogen-bond acceptors (Lipinski definition) is 18. The van der Waals surface area contributed by atoms with Gasteiger partial charge in [0.1, 0.15) is 0 Å². The normalized spacial score (nSPS) is 33.0. The fourth-order valence-corrected chi connectivity index (χ4v) is 12.3. The topological polar surface area (TPSA) is 233 Å². The van der Waals surface area contributed by atoms with Gasteiger partial charge in [-0.25, -0.2) is 0 Å². The van der Waals surface area contributed by atoms with Crippen LogP contribution >= 0.6 is 0 Å². The van der Waals surface area contributed by atoms with Crippen LogP contribution in [0.3, 0.4) is 0 Å². The number of esters is 7. The molecule has 18 heteroatoms. The molecule has 0 aliphatic carbocycles. The molecule has 0 spiro atoms. The summed E-state index contributed by atoms with van der Waals surface area (Å²) in [6, 6.07) is -0.888. The van der Waals surface area contributed by atoms with Gasteiger partial charge < -0.3 is 38.5 Å². The van der Waals surface area contributed by atoms with Crippen molar-refractivity contribution in [1.29, 1.82) is 0 Å². The SMILES string of the molecule is COC(=O)CC[C@@H]1C2=C([14CH3])C3=N[C@H]([C@H](CC(=O)OC)[C@@]3([14CH3])CCC(=O)OC)[C@]3([14CH3])N=C(/C([14CH3])=C4\NC(=CC(=N2)[C@]1(C)[14CH3])[C@@H](CCC(=O)OC)[C@]4(C)CC(=O)OC)[C@@H](CCC(=O)OC)[C@]3(C)CC(=O)OC. The second-order valence-corrected chi connectivity index (χ2v) is 20.7. The number of aliphatic imine (C=N–C) groups is 3. The molecule has 0 amide bonds. The van der Waals surface area contributed by atoms with Crippen molar-refractivity contribution in [3.05, 3.63) is 34.3 Å². The fraction of sp³-hybridized carbons (Fsp3) is 0.692. The van der Waals surface area contributed by atoms with Crippen LogP contribution in [0.5, 0.6) is 0 Å². The molecule has 8 bridgehead atoms. The molecular weight excluding hydrogens is 915 g/mol. The van der Waals surface area contributed by atoms with E-state index in [2.05, 4.69) is 19.2 Å². The number of methoxy groups -OCH3 is 7. The molecule has 0 aromatic carbocycles. The highest BCUT2D eigenvalue weighted by Gasteiger charge is 2.66. The van der Waals surface area contributed by atoms with Crippen LogP contribution < -0.4 is 5.32 Å². The van der Waals surface area contributed by atoms with E-state index in [1.807, 2.05) is 47.6 Å². The lowest BCUT2D eigenvalue weighted by Gasteiger charge is -2.48. The van der Waals surface area contributed by atoms with Crippen molar-refractivity contribution in [2.45, 2.75) is 138 Å². The molecule has 0 saturated carbocycles. The molecule has 5 aliphatic heterocycles. The van der Waals surface area contributed by atoms with Gasteiger partial charge in [-0.05, 0) is 63.7 Å². The van der Waals surface area contributed by atoms with Gasteiger partial charge in [0.15, 0.2) is 0 Å². The number of carbonyl (C=O) groups is 7. The number of ether oxygens (including phenoxy) is 7. The summed E-state index contributed by atoms with van der Waals surface area (Å²) in [5.74, 6) is -5.67. The molecule has 0 unspecified atom stereocenters. The van der Waals surface area contributed by atoms with Crippen LogP contribution in [0.25, 0.3) is 0 Å². The fourth-order valence-electron chi connectivity index (χ4n) is 12.3. The maximum Gasteiger partial charge on any atom is 0.306 e. The maximum atomic E-state index is 14.0. The smallest absolute Gasteiger partial charge is 0.306 e. The summed E-state index contributed by atoms with van der Waals surface area (Å²) in [5.41, 5.74) is -0.483. The number of allylic oxidation sites excluding steroid dienone is 6. The number of nitrogens with zero attached hydrogens (tertiary/aromatic N) is 3. The van der Waals surface area contributed by atoms with Gasteiger partial charge >= 0.3 is 41.8 Å². The Hall–Kier alpha value is -5.68. The first kappa shape index (κ1) is 55.2. The molecule has 5 aliphatic rings. The van der Waals surface area contributed by atoms with E-state index in [1.54, 1.807) is 0 Å². The predicted octanol–water partition coefficient (Wildman–Crippen LogP) is 6.54. The molecule has 5 rings (SSSR count). The molecule has 5 heterocycles. The van der Waals surface area contributed by atoms with E-state index in [1.165, 1.54) is 49.8 Å². The van der Waals surface area contributed by atoms with Crippen molar-refractivity contribution in [1.82, 2.24) is 5.32 Å². The Kier molecular flexibility index (Phi) is 16.9. The number of nitrogens with one attached hydrogen (secondary N) is 1. The zero-order chi connectivity index (χ0) is 52.3. The second-order valence-electron chi connectivity index (χ2n) is 20.7. The first-order chi connectivity index (χ1) is 32.8. The van der Waals surface area contributed by atoms with Crippen LogP contribution in [0.15, 0.2) is 49.3 Å². The molecule has 0 aromatic rings. The van der Waals surface area contributed by atoms with Crippen molar-refractivity contribution in [2.24, 2.45) is 60.3 Å². The van der Waals surface area contributed by atoms with E-state index in [0.29, 0.717) is 51.8 Å². The van der Waals surface area contributed by atoms with Gasteiger partial charge in [-0.3, -0.25) is 48.5 Å². The first-order valence-electron chi connectivity index (χ1n) is 24.0. The summed E-state index contributed by atoms with van der Waals surface area (Å²) >= 11 is 0. The largest absolute Gasteiger partial charge is 0.469 e. The minimum Gasteiger partial charge on any atom is -0.469 e. The number of carbonyl (C=O) groups excluding carboxylic acids is 7. The van der Waals surface area contributed by atoms with Gasteiger partial charge in [0.05, 0.1) is 80.6 Å². The highest BCUT2D eigenvalue weighted by molar-refractivity contribution is 6.10. The van der Waals surface area contributed by atoms with Gasteiger partial charge in [0, 0.05) is 105 Å². The van der Waals surface area contributed by atoms with Gasteiger partial charge in [-0.15, -0.1) is 0 Å². The van der Waals surface area contributed by atoms with Crippen LogP contribution in [0.4, 0.5) is 0 Å². The molecule has 386 valence electrons. The molecule has 70 heavy (non-hydrogen) atoms. The van der Waals surface area contributed by atoms with Crippen LogP contribution in [0, 0.1) is 45.3 Å². The highest BCUT2D eigenvalue weighted by atomic mass is 16.5. The highest BCUT2D eigenvalue weighted by Crippen LogP contribution is 2.62. The minimum absolute atomic E-state index is 0.0103. The predicted molar refractivity (Wildman–Crippen MR) is 258 cm³/mol. The Morgan fingerprint density at radius 3 is 1.64 bits per heavy atom. The van der Waals surface area contributed by atoms with Gasteiger partial charge in [0.25, 0.3) is 0 Å². The average molecular weight is 989 g/mol. The van der Waals surface area contributed by atoms with Crippen molar-refractivity contribution in [3.63, 3.8) is 0 Å². The molecule has 10 atom stereocenters. The van der Waals surface area contributed by atoms with Crippen LogP contribution in [-0.2, 0) is 66.7 Å². The molecule has 1 saturated heterocycles. The van der Waals surface area contributed by atoms with Crippen LogP contribution in [0.2, 0.25) is 0 Å². The summed E-state index contributed by atoms with van der Waals surface area (Å²) in [7, 11) is 9.21. The zero-order valence-corrected chi connectivity index (χ0v) is 43.8. The van der Waals surface area contributed by atoms with E-state index in [9.17, 15) is 33.6 Å². The third-order valence-corrected chi connectivity index (χ3v) is 16.8. The molecule has 0 radical (unpaired) electrons. The quantitative estimate of drug-likeness (QED) is 0.113. The van der Waals surface area contributed by atoms with Crippen molar-refractivity contribution in [2.75, 3.05) is 49.8 Å². The van der Waals surface area contributed by atoms with Crippen molar-refractivity contribution < 1.29 is 66.7 Å². The third kappa shape index (κ3) is 9.97. The summed E-state index contributed by atoms with van der Waals surface area (Å²) < 4.78 is 36.8. The van der Waals surface area contributed by atoms with Gasteiger partial charge in [-0.2, -0.15) is 0 Å². The van der Waals surface area contributed by atoms with E-state index < -0.39 is 98.7 Å². The van der Waals surface area contributed by atoms with Crippen molar-refractivity contribution in [3.8, 4) is 0 Å². The first-order valence-corrected chi connectivity index (χ1v) is 24.0. The standard InChI is InChI=1S/C52H74N4O14/c1-28-43-31(17-20-37(58)65-10)48(3,4)35(54-43)25-34-30(16-19-36(57)64-9)50(6,26-41(62)69-14)46(53-34)29(2)44-32(18-21-38(59)66-11)51(7,27-42(63)70-15)52(8,56-44)47-33(24-40(61)68-13)49(5,45(28)55-47)23-22-39(60)67-12/h25,30-33,47,53H,16-24,26-27H2,1-15H3/b34-25?,43-28?,46-29-/t30-,31-,32-,33+,47-,49-,50+,51+,52+/m1/s1/i1+2,2+2,3+2,5+2,8+2/t30-,31-,32-,33+,47-,48+,49-,50+,51+,52+. The lowest BCUT2D eigenvalue weighted by Crippen LogP contribution is -2.55. The molecular formula is C52H74N4O14. The van der Waals surface area contributed by atoms with Crippen LogP contribution in [-0.4, -0.2) is 120 Å². The van der Waals surface area contributed by atoms with E-state index in [4.69, 9.17) is 48.1 Å². The summed E-state index contributed by atoms with van der Waals surface area (Å²) in [6.45, 7) is 15.7. The third-order valence-electron chi connectivity index (χ3n) is 16.8. The van der Waals surface area contributed by atoms with E-state index in [-0.39, 0.29) is 64.2 Å². The van der Waals surface area contributed by atoms with Crippen molar-refractivity contribution >= 4 is 58.9 Å². The summed E-state index contributed by atoms with van der Waals surface area (Å²) in [6.07, 6.45) is 2.42. The number of hydrogen-bond donors (Lipinski definition) is 1. The maximum absolute atomic E-state index is 14.0. The van der Waals surface area contributed by atoms with Gasteiger partial charge in [0.2, 0.25) is 0 Å². The minimum atomic E-state index is -1.37. The average Bonchev–Trinajstić information content (AvgIpc) is 3.95. The zero-order valence-electron chi connectivity index (χ0n) is 43.8. The molecule has 1 fully saturated rings. The van der Waals surface area contributed by atoms with Crippen LogP contribution in [0.1, 0.15) is 126 Å².